The van der Waals surface area contributed by atoms with Gasteiger partial charge in [0, 0.05) is 0 Å². The average molecular weight is 196 g/mol. The van der Waals surface area contributed by atoms with Gasteiger partial charge in [0.05, 0.1) is 0 Å². The summed E-state index contributed by atoms with van der Waals surface area (Å²) in [5.41, 5.74) is 1.28. The van der Waals surface area contributed by atoms with E-state index in [9.17, 15) is 0 Å². The minimum absolute atomic E-state index is 1.10. The molecule has 0 radical (unpaired) electrons. The van der Waals surface area contributed by atoms with Gasteiger partial charge in [0.2, 0.25) is 0 Å². The van der Waals surface area contributed by atoms with Crippen molar-refractivity contribution < 1.29 is 0 Å². The van der Waals surface area contributed by atoms with E-state index in [0.717, 1.165) is 17.7 Å². The summed E-state index contributed by atoms with van der Waals surface area (Å²) in [6.45, 7) is 15.8. The van der Waals surface area contributed by atoms with Gasteiger partial charge in [-0.15, -0.1) is 18.3 Å². The highest BCUT2D eigenvalue weighted by Gasteiger charge is 1.96. The van der Waals surface area contributed by atoms with Gasteiger partial charge in [-0.3, -0.25) is 0 Å². The smallest absolute Gasteiger partial charge is 0.0178 e. The molecule has 0 saturated carbocycles. The van der Waals surface area contributed by atoms with Gasteiger partial charge < -0.3 is 0 Å². The van der Waals surface area contributed by atoms with Crippen molar-refractivity contribution in [1.82, 2.24) is 0 Å². The lowest BCUT2D eigenvalue weighted by Crippen LogP contribution is -1.80. The fourth-order valence-electron chi connectivity index (χ4n) is 1.05. The first-order valence-electron chi connectivity index (χ1n) is 4.68. The molecule has 0 bridgehead atoms. The van der Waals surface area contributed by atoms with Gasteiger partial charge in [0.15, 0.2) is 0 Å². The first-order chi connectivity index (χ1) is 6.02. The van der Waals surface area contributed by atoms with Crippen LogP contribution in [0.2, 0.25) is 0 Å². The van der Waals surface area contributed by atoms with Crippen molar-refractivity contribution in [3.05, 3.63) is 35.1 Å². The Morgan fingerprint density at radius 1 is 1.00 bits per heavy atom. The second kappa shape index (κ2) is 7.02. The highest BCUT2D eigenvalue weighted by atomic mass is 32.2. The fraction of sp³-hybridized carbons (Fsp3) is 0.500. The zero-order valence-corrected chi connectivity index (χ0v) is 9.67. The molecule has 0 aliphatic carbocycles. The van der Waals surface area contributed by atoms with E-state index < -0.39 is 0 Å². The minimum atomic E-state index is 1.10. The Labute approximate surface area is 86.8 Å². The van der Waals surface area contributed by atoms with Crippen LogP contribution in [0.25, 0.3) is 0 Å². The van der Waals surface area contributed by atoms with Crippen molar-refractivity contribution in [3.8, 4) is 0 Å². The summed E-state index contributed by atoms with van der Waals surface area (Å²) < 4.78 is 0. The highest BCUT2D eigenvalue weighted by Crippen LogP contribution is 2.26. The molecule has 0 fully saturated rings. The van der Waals surface area contributed by atoms with Crippen LogP contribution >= 0.6 is 11.8 Å². The van der Waals surface area contributed by atoms with Gasteiger partial charge in [0.25, 0.3) is 0 Å². The lowest BCUT2D eigenvalue weighted by molar-refractivity contribution is 0.740. The average Bonchev–Trinajstić information content (AvgIpc) is 1.96. The molecule has 0 aromatic carbocycles. The van der Waals surface area contributed by atoms with Crippen LogP contribution in [0.1, 0.15) is 39.5 Å². The molecular formula is C12H20S. The molecular weight excluding hydrogens is 176 g/mol. The molecule has 0 N–H and O–H groups in total. The molecule has 74 valence electrons. The normalized spacial score (nSPS) is 9.69. The lowest BCUT2D eigenvalue weighted by atomic mass is 10.1. The molecule has 0 aromatic heterocycles. The van der Waals surface area contributed by atoms with Crippen LogP contribution in [0.3, 0.4) is 0 Å². The zero-order chi connectivity index (χ0) is 10.3. The number of thioether (sulfide) groups is 1. The van der Waals surface area contributed by atoms with E-state index in [1.807, 2.05) is 6.92 Å². The molecule has 0 atom stereocenters. The van der Waals surface area contributed by atoms with Crippen LogP contribution < -0.4 is 0 Å². The zero-order valence-electron chi connectivity index (χ0n) is 8.86. The second-order valence-electron chi connectivity index (χ2n) is 3.51. The van der Waals surface area contributed by atoms with Crippen LogP contribution in [-0.4, -0.2) is 0 Å². The maximum absolute atomic E-state index is 3.99. The third kappa shape index (κ3) is 9.48. The number of hydrogen-bond acceptors (Lipinski definition) is 1. The van der Waals surface area contributed by atoms with E-state index in [2.05, 4.69) is 26.7 Å². The number of rotatable bonds is 7. The molecule has 0 nitrogen and oxygen atoms in total. The van der Waals surface area contributed by atoms with Gasteiger partial charge in [-0.25, -0.2) is 0 Å². The number of allylic oxidation sites excluding steroid dienone is 3. The van der Waals surface area contributed by atoms with Crippen LogP contribution in [0.15, 0.2) is 35.1 Å². The van der Waals surface area contributed by atoms with Gasteiger partial charge in [-0.2, -0.15) is 0 Å². The predicted octanol–water partition coefficient (Wildman–Crippen LogP) is 4.90. The van der Waals surface area contributed by atoms with Crippen molar-refractivity contribution >= 4 is 11.8 Å². The van der Waals surface area contributed by atoms with Crippen molar-refractivity contribution in [1.29, 1.82) is 0 Å². The molecule has 0 spiro atoms. The maximum Gasteiger partial charge on any atom is -0.0178 e. The minimum Gasteiger partial charge on any atom is -0.101 e. The number of hydrogen-bond donors (Lipinski definition) is 0. The summed E-state index contributed by atoms with van der Waals surface area (Å²) in [5.74, 6) is 0. The molecule has 0 saturated heterocycles. The molecule has 1 heteroatoms. The monoisotopic (exact) mass is 196 g/mol. The summed E-state index contributed by atoms with van der Waals surface area (Å²) >= 11 is 1.70. The van der Waals surface area contributed by atoms with Gasteiger partial charge in [-0.1, -0.05) is 18.7 Å². The van der Waals surface area contributed by atoms with E-state index in [1.165, 1.54) is 23.3 Å². The van der Waals surface area contributed by atoms with E-state index in [1.54, 1.807) is 11.8 Å². The fourth-order valence-corrected chi connectivity index (χ4v) is 1.79. The van der Waals surface area contributed by atoms with E-state index in [0.29, 0.717) is 0 Å². The Morgan fingerprint density at radius 3 is 2.00 bits per heavy atom. The standard InChI is InChI=1S/C12H20S/c1-10(2)8-6-7-9-12(5)13-11(3)4/h1,3,5-9H2,2,4H3. The first kappa shape index (κ1) is 12.6. The van der Waals surface area contributed by atoms with E-state index in [-0.39, 0.29) is 0 Å². The van der Waals surface area contributed by atoms with Crippen molar-refractivity contribution in [2.24, 2.45) is 0 Å². The third-order valence-electron chi connectivity index (χ3n) is 1.63. The Hall–Kier alpha value is -0.430. The molecule has 0 amide bonds. The van der Waals surface area contributed by atoms with E-state index in [4.69, 9.17) is 0 Å². The molecule has 0 unspecified atom stereocenters. The van der Waals surface area contributed by atoms with Crippen molar-refractivity contribution in [2.75, 3.05) is 0 Å². The molecule has 13 heavy (non-hydrogen) atoms. The van der Waals surface area contributed by atoms with Gasteiger partial charge in [-0.05, 0) is 49.3 Å². The quantitative estimate of drug-likeness (QED) is 0.412. The Kier molecular flexibility index (Phi) is 6.79. The Bertz CT molecular complexity index is 201. The molecule has 0 aromatic rings. The predicted molar refractivity (Wildman–Crippen MR) is 64.8 cm³/mol. The van der Waals surface area contributed by atoms with Crippen LogP contribution in [0.5, 0.6) is 0 Å². The number of unbranched alkanes of at least 4 members (excludes halogenated alkanes) is 1. The van der Waals surface area contributed by atoms with E-state index >= 15 is 0 Å². The third-order valence-corrected chi connectivity index (χ3v) is 2.47. The Balaban J connectivity index is 3.37. The SMILES string of the molecule is C=C(C)CCCCC(=C)SC(=C)C. The largest absolute Gasteiger partial charge is 0.101 e. The second-order valence-corrected chi connectivity index (χ2v) is 4.99. The molecule has 0 aliphatic rings. The summed E-state index contributed by atoms with van der Waals surface area (Å²) in [6.07, 6.45) is 4.69. The summed E-state index contributed by atoms with van der Waals surface area (Å²) in [7, 11) is 0. The lowest BCUT2D eigenvalue weighted by Gasteiger charge is -2.04. The van der Waals surface area contributed by atoms with Gasteiger partial charge >= 0.3 is 0 Å². The van der Waals surface area contributed by atoms with Crippen LogP contribution in [0.4, 0.5) is 0 Å². The van der Waals surface area contributed by atoms with Crippen LogP contribution in [0, 0.1) is 0 Å². The van der Waals surface area contributed by atoms with Crippen molar-refractivity contribution in [2.45, 2.75) is 39.5 Å². The summed E-state index contributed by atoms with van der Waals surface area (Å²) in [6, 6.07) is 0. The topological polar surface area (TPSA) is 0 Å². The van der Waals surface area contributed by atoms with Crippen molar-refractivity contribution in [3.63, 3.8) is 0 Å². The molecule has 0 aliphatic heterocycles. The first-order valence-corrected chi connectivity index (χ1v) is 5.49. The maximum atomic E-state index is 3.99. The molecule has 0 heterocycles. The molecule has 0 rings (SSSR count). The summed E-state index contributed by atoms with van der Waals surface area (Å²) in [5, 5.41) is 0. The highest BCUT2D eigenvalue weighted by molar-refractivity contribution is 8.06. The van der Waals surface area contributed by atoms with Crippen LogP contribution in [-0.2, 0) is 0 Å². The van der Waals surface area contributed by atoms with Gasteiger partial charge in [0.1, 0.15) is 0 Å². The Morgan fingerprint density at radius 2 is 1.54 bits per heavy atom. The summed E-state index contributed by atoms with van der Waals surface area (Å²) in [4.78, 5) is 2.36.